The highest BCUT2D eigenvalue weighted by molar-refractivity contribution is 6.17. The van der Waals surface area contributed by atoms with E-state index in [2.05, 4.69) is 18.0 Å². The standard InChI is InChI=1S/C7H10N2.C5H11Cl/c1-2-3-5-9-6-4-8-7-9;1-2-3-4-5-6/h2-4,6-7H,5H2,1H3;2-5H2,1H3/b3-2+;. The summed E-state index contributed by atoms with van der Waals surface area (Å²) in [5, 5.41) is 0. The highest BCUT2D eigenvalue weighted by Gasteiger charge is 1.80. The molecule has 1 heterocycles. The molecule has 3 heteroatoms. The molecule has 0 aliphatic carbocycles. The van der Waals surface area contributed by atoms with E-state index in [1.54, 1.807) is 12.5 Å². The van der Waals surface area contributed by atoms with Gasteiger partial charge in [0.2, 0.25) is 0 Å². The van der Waals surface area contributed by atoms with Crippen LogP contribution in [0.25, 0.3) is 0 Å². The average Bonchev–Trinajstić information content (AvgIpc) is 2.77. The Morgan fingerprint density at radius 2 is 2.20 bits per heavy atom. The van der Waals surface area contributed by atoms with E-state index in [4.69, 9.17) is 11.6 Å². The lowest BCUT2D eigenvalue weighted by molar-refractivity contribution is 0.776. The van der Waals surface area contributed by atoms with Crippen LogP contribution >= 0.6 is 11.6 Å². The van der Waals surface area contributed by atoms with Gasteiger partial charge in [0.1, 0.15) is 0 Å². The summed E-state index contributed by atoms with van der Waals surface area (Å²) >= 11 is 5.38. The largest absolute Gasteiger partial charge is 0.334 e. The van der Waals surface area contributed by atoms with E-state index in [9.17, 15) is 0 Å². The van der Waals surface area contributed by atoms with Crippen LogP contribution in [-0.4, -0.2) is 15.4 Å². The first-order valence-corrected chi connectivity index (χ1v) is 6.01. The predicted molar refractivity (Wildman–Crippen MR) is 67.3 cm³/mol. The molecule has 2 nitrogen and oxygen atoms in total. The molecule has 86 valence electrons. The van der Waals surface area contributed by atoms with E-state index >= 15 is 0 Å². The first-order valence-electron chi connectivity index (χ1n) is 5.48. The fourth-order valence-corrected chi connectivity index (χ4v) is 1.16. The maximum Gasteiger partial charge on any atom is 0.0948 e. The van der Waals surface area contributed by atoms with Gasteiger partial charge in [-0.05, 0) is 13.3 Å². The molecule has 0 aliphatic rings. The molecule has 0 aliphatic heterocycles. The van der Waals surface area contributed by atoms with Crippen molar-refractivity contribution in [1.29, 1.82) is 0 Å². The molecule has 0 bridgehead atoms. The van der Waals surface area contributed by atoms with Crippen LogP contribution in [0.1, 0.15) is 33.1 Å². The summed E-state index contributed by atoms with van der Waals surface area (Å²) in [5.41, 5.74) is 0. The minimum atomic E-state index is 0.827. The van der Waals surface area contributed by atoms with Crippen molar-refractivity contribution in [2.24, 2.45) is 0 Å². The maximum absolute atomic E-state index is 5.38. The van der Waals surface area contributed by atoms with Crippen molar-refractivity contribution in [1.82, 2.24) is 9.55 Å². The summed E-state index contributed by atoms with van der Waals surface area (Å²) in [6.07, 6.45) is 13.4. The lowest BCUT2D eigenvalue weighted by atomic mass is 10.3. The van der Waals surface area contributed by atoms with E-state index < -0.39 is 0 Å². The normalized spacial score (nSPS) is 10.1. The van der Waals surface area contributed by atoms with Crippen LogP contribution in [0.2, 0.25) is 0 Å². The topological polar surface area (TPSA) is 17.8 Å². The van der Waals surface area contributed by atoms with Gasteiger partial charge in [-0.15, -0.1) is 11.6 Å². The van der Waals surface area contributed by atoms with Gasteiger partial charge in [-0.2, -0.15) is 0 Å². The summed E-state index contributed by atoms with van der Waals surface area (Å²) < 4.78 is 2.01. The van der Waals surface area contributed by atoms with Gasteiger partial charge in [-0.3, -0.25) is 0 Å². The van der Waals surface area contributed by atoms with Gasteiger partial charge in [0.25, 0.3) is 0 Å². The van der Waals surface area contributed by atoms with E-state index in [1.807, 2.05) is 23.8 Å². The Labute approximate surface area is 98.0 Å². The second kappa shape index (κ2) is 11.3. The number of hydrogen-bond acceptors (Lipinski definition) is 1. The Kier molecular flexibility index (Phi) is 10.7. The number of imidazole rings is 1. The number of unbranched alkanes of at least 4 members (excludes halogenated alkanes) is 2. The van der Waals surface area contributed by atoms with Crippen molar-refractivity contribution >= 4 is 11.6 Å². The number of rotatable bonds is 5. The molecule has 0 saturated carbocycles. The Morgan fingerprint density at radius 1 is 1.40 bits per heavy atom. The third-order valence-corrected chi connectivity index (χ3v) is 2.12. The van der Waals surface area contributed by atoms with Gasteiger partial charge in [-0.1, -0.05) is 31.9 Å². The van der Waals surface area contributed by atoms with Gasteiger partial charge in [0, 0.05) is 24.8 Å². The molecule has 1 rings (SSSR count). The zero-order valence-corrected chi connectivity index (χ0v) is 10.5. The van der Waals surface area contributed by atoms with Crippen molar-refractivity contribution < 1.29 is 0 Å². The van der Waals surface area contributed by atoms with Gasteiger partial charge < -0.3 is 4.57 Å². The summed E-state index contributed by atoms with van der Waals surface area (Å²) in [5.74, 6) is 0.827. The van der Waals surface area contributed by atoms with Crippen molar-refractivity contribution in [3.63, 3.8) is 0 Å². The van der Waals surface area contributed by atoms with Crippen molar-refractivity contribution in [3.05, 3.63) is 30.9 Å². The lowest BCUT2D eigenvalue weighted by Crippen LogP contribution is -1.88. The van der Waals surface area contributed by atoms with Crippen LogP contribution < -0.4 is 0 Å². The van der Waals surface area contributed by atoms with E-state index in [0.717, 1.165) is 12.4 Å². The highest BCUT2D eigenvalue weighted by atomic mass is 35.5. The average molecular weight is 229 g/mol. The quantitative estimate of drug-likeness (QED) is 0.425. The Hall–Kier alpha value is -0.760. The lowest BCUT2D eigenvalue weighted by Gasteiger charge is -1.91. The summed E-state index contributed by atoms with van der Waals surface area (Å²) in [6.45, 7) is 5.11. The zero-order chi connectivity index (χ0) is 11.4. The molecule has 0 aromatic carbocycles. The first-order chi connectivity index (χ1) is 7.35. The first kappa shape index (κ1) is 14.2. The molecular weight excluding hydrogens is 208 g/mol. The number of alkyl halides is 1. The molecular formula is C12H21ClN2. The van der Waals surface area contributed by atoms with Crippen LogP contribution in [0, 0.1) is 0 Å². The van der Waals surface area contributed by atoms with Gasteiger partial charge in [-0.25, -0.2) is 4.98 Å². The minimum absolute atomic E-state index is 0.827. The molecule has 0 saturated heterocycles. The van der Waals surface area contributed by atoms with Gasteiger partial charge >= 0.3 is 0 Å². The van der Waals surface area contributed by atoms with E-state index in [0.29, 0.717) is 0 Å². The molecule has 15 heavy (non-hydrogen) atoms. The Balaban J connectivity index is 0.000000288. The highest BCUT2D eigenvalue weighted by Crippen LogP contribution is 1.93. The third-order valence-electron chi connectivity index (χ3n) is 1.85. The predicted octanol–water partition coefficient (Wildman–Crippen LogP) is 3.87. The fourth-order valence-electron chi connectivity index (χ4n) is 0.966. The minimum Gasteiger partial charge on any atom is -0.334 e. The van der Waals surface area contributed by atoms with E-state index in [-0.39, 0.29) is 0 Å². The molecule has 0 spiro atoms. The van der Waals surface area contributed by atoms with Gasteiger partial charge in [0.05, 0.1) is 6.33 Å². The van der Waals surface area contributed by atoms with E-state index in [1.165, 1.54) is 19.3 Å². The number of nitrogens with zero attached hydrogens (tertiary/aromatic N) is 2. The molecule has 0 unspecified atom stereocenters. The second-order valence-corrected chi connectivity index (χ2v) is 3.60. The molecule has 1 aromatic heterocycles. The van der Waals surface area contributed by atoms with Crippen molar-refractivity contribution in [2.45, 2.75) is 39.7 Å². The fraction of sp³-hybridized carbons (Fsp3) is 0.583. The van der Waals surface area contributed by atoms with Crippen molar-refractivity contribution in [2.75, 3.05) is 5.88 Å². The number of allylic oxidation sites excluding steroid dienone is 2. The molecule has 0 amide bonds. The van der Waals surface area contributed by atoms with Crippen LogP contribution in [0.5, 0.6) is 0 Å². The van der Waals surface area contributed by atoms with Crippen LogP contribution in [0.4, 0.5) is 0 Å². The summed E-state index contributed by atoms with van der Waals surface area (Å²) in [6, 6.07) is 0. The number of aromatic nitrogens is 2. The van der Waals surface area contributed by atoms with Crippen molar-refractivity contribution in [3.8, 4) is 0 Å². The number of halogens is 1. The van der Waals surface area contributed by atoms with Crippen LogP contribution in [0.15, 0.2) is 30.9 Å². The SMILES string of the molecule is C/C=C/Cn1ccnc1.CCCCCCl. The second-order valence-electron chi connectivity index (χ2n) is 3.22. The molecule has 1 aromatic rings. The smallest absolute Gasteiger partial charge is 0.0948 e. The van der Waals surface area contributed by atoms with Crippen LogP contribution in [0.3, 0.4) is 0 Å². The zero-order valence-electron chi connectivity index (χ0n) is 9.69. The molecule has 0 atom stereocenters. The Bertz CT molecular complexity index is 226. The molecule has 0 fully saturated rings. The van der Waals surface area contributed by atoms with Crippen LogP contribution in [-0.2, 0) is 6.54 Å². The molecule has 0 radical (unpaired) electrons. The van der Waals surface area contributed by atoms with Gasteiger partial charge in [0.15, 0.2) is 0 Å². The number of hydrogen-bond donors (Lipinski definition) is 0. The monoisotopic (exact) mass is 228 g/mol. The Morgan fingerprint density at radius 3 is 2.60 bits per heavy atom. The molecule has 0 N–H and O–H groups in total. The summed E-state index contributed by atoms with van der Waals surface area (Å²) in [7, 11) is 0. The summed E-state index contributed by atoms with van der Waals surface area (Å²) in [4.78, 5) is 3.90. The third kappa shape index (κ3) is 9.54. The maximum atomic E-state index is 5.38.